The van der Waals surface area contributed by atoms with Gasteiger partial charge in [0.05, 0.1) is 10.5 Å². The van der Waals surface area contributed by atoms with Crippen LogP contribution < -0.4 is 5.32 Å². The molecule has 1 N–H and O–H groups in total. The molecule has 18 heavy (non-hydrogen) atoms. The molecule has 1 heterocycles. The summed E-state index contributed by atoms with van der Waals surface area (Å²) in [5.41, 5.74) is 0.426. The van der Waals surface area contributed by atoms with Crippen LogP contribution in [0, 0.1) is 6.92 Å². The number of pyridine rings is 1. The van der Waals surface area contributed by atoms with Crippen molar-refractivity contribution in [1.82, 2.24) is 4.98 Å². The van der Waals surface area contributed by atoms with Crippen molar-refractivity contribution < 1.29 is 13.2 Å². The highest BCUT2D eigenvalue weighted by Crippen LogP contribution is 2.35. The summed E-state index contributed by atoms with van der Waals surface area (Å²) in [6.45, 7) is 1.82. The predicted octanol–water partition coefficient (Wildman–Crippen LogP) is 4.26. The van der Waals surface area contributed by atoms with E-state index in [0.29, 0.717) is 11.1 Å². The number of hydrogen-bond donors (Lipinski definition) is 1. The molecule has 0 amide bonds. The Morgan fingerprint density at radius 3 is 2.44 bits per heavy atom. The minimum absolute atomic E-state index is 0.154. The van der Waals surface area contributed by atoms with Crippen molar-refractivity contribution in [2.24, 2.45) is 0 Å². The van der Waals surface area contributed by atoms with Crippen LogP contribution in [0.15, 0.2) is 18.2 Å². The fourth-order valence-electron chi connectivity index (χ4n) is 1.77. The molecule has 6 heteroatoms. The Labute approximate surface area is 107 Å². The van der Waals surface area contributed by atoms with Gasteiger partial charge in [-0.05, 0) is 30.7 Å². The molecule has 0 saturated heterocycles. The van der Waals surface area contributed by atoms with Crippen LogP contribution in [0.2, 0.25) is 5.02 Å². The smallest absolute Gasteiger partial charge is 0.388 e. The van der Waals surface area contributed by atoms with E-state index in [1.807, 2.05) is 6.92 Å². The van der Waals surface area contributed by atoms with E-state index in [9.17, 15) is 13.2 Å². The number of alkyl halides is 3. The predicted molar refractivity (Wildman–Crippen MR) is 66.0 cm³/mol. The van der Waals surface area contributed by atoms with Crippen LogP contribution in [-0.4, -0.2) is 12.0 Å². The number of anilines is 1. The van der Waals surface area contributed by atoms with E-state index < -0.39 is 11.9 Å². The summed E-state index contributed by atoms with van der Waals surface area (Å²) < 4.78 is 38.1. The first-order chi connectivity index (χ1) is 8.32. The maximum absolute atomic E-state index is 12.7. The molecule has 96 valence electrons. The number of aromatic nitrogens is 1. The number of nitrogens with one attached hydrogen (secondary N) is 1. The second kappa shape index (κ2) is 4.31. The topological polar surface area (TPSA) is 24.9 Å². The molecule has 0 bridgehead atoms. The molecule has 0 aliphatic rings. The minimum atomic E-state index is -4.49. The first-order valence-electron chi connectivity index (χ1n) is 5.19. The minimum Gasteiger partial charge on any atom is -0.388 e. The monoisotopic (exact) mass is 274 g/mol. The van der Waals surface area contributed by atoms with Gasteiger partial charge in [-0.3, -0.25) is 0 Å². The molecule has 2 nitrogen and oxygen atoms in total. The Bertz CT molecular complexity index is 608. The Kier molecular flexibility index (Phi) is 3.11. The Balaban J connectivity index is 2.84. The normalized spacial score (nSPS) is 11.9. The Morgan fingerprint density at radius 2 is 1.89 bits per heavy atom. The number of nitrogens with zero attached hydrogens (tertiary/aromatic N) is 1. The zero-order chi connectivity index (χ0) is 13.5. The molecule has 2 aromatic rings. The Morgan fingerprint density at radius 1 is 1.22 bits per heavy atom. The highest BCUT2D eigenvalue weighted by molar-refractivity contribution is 6.35. The second-order valence-corrected chi connectivity index (χ2v) is 4.35. The van der Waals surface area contributed by atoms with E-state index in [1.54, 1.807) is 19.2 Å². The standard InChI is InChI=1S/C12H10ClF3N2/c1-6-3-7-9(17-2)5-10(12(14,15)16)18-11(7)8(13)4-6/h3-5H,1-2H3,(H,17,18). The number of benzene rings is 1. The average Bonchev–Trinajstić information content (AvgIpc) is 2.26. The van der Waals surface area contributed by atoms with Gasteiger partial charge in [-0.25, -0.2) is 4.98 Å². The lowest BCUT2D eigenvalue weighted by molar-refractivity contribution is -0.140. The molecule has 0 aliphatic heterocycles. The molecule has 0 spiro atoms. The van der Waals surface area contributed by atoms with E-state index in [1.165, 1.54) is 0 Å². The van der Waals surface area contributed by atoms with Crippen molar-refractivity contribution in [2.75, 3.05) is 12.4 Å². The van der Waals surface area contributed by atoms with Crippen LogP contribution in [0.5, 0.6) is 0 Å². The average molecular weight is 275 g/mol. The van der Waals surface area contributed by atoms with Crippen LogP contribution in [-0.2, 0) is 6.18 Å². The van der Waals surface area contributed by atoms with Gasteiger partial charge in [0.15, 0.2) is 0 Å². The van der Waals surface area contributed by atoms with Crippen molar-refractivity contribution >= 4 is 28.2 Å². The van der Waals surface area contributed by atoms with Gasteiger partial charge in [0.1, 0.15) is 5.69 Å². The van der Waals surface area contributed by atoms with Crippen molar-refractivity contribution in [3.05, 3.63) is 34.5 Å². The summed E-state index contributed by atoms with van der Waals surface area (Å²) in [5, 5.41) is 3.53. The number of aryl methyl sites for hydroxylation is 1. The highest BCUT2D eigenvalue weighted by Gasteiger charge is 2.33. The van der Waals surface area contributed by atoms with Crippen LogP contribution in [0.3, 0.4) is 0 Å². The van der Waals surface area contributed by atoms with Crippen molar-refractivity contribution in [3.63, 3.8) is 0 Å². The number of hydrogen-bond acceptors (Lipinski definition) is 2. The lowest BCUT2D eigenvalue weighted by atomic mass is 10.1. The maximum atomic E-state index is 12.7. The number of rotatable bonds is 1. The molecule has 0 atom stereocenters. The van der Waals surface area contributed by atoms with Gasteiger partial charge in [-0.15, -0.1) is 0 Å². The van der Waals surface area contributed by atoms with E-state index in [-0.39, 0.29) is 10.5 Å². The van der Waals surface area contributed by atoms with Crippen molar-refractivity contribution in [3.8, 4) is 0 Å². The molecule has 0 radical (unpaired) electrons. The molecule has 0 saturated carbocycles. The zero-order valence-corrected chi connectivity index (χ0v) is 10.4. The third-order valence-corrected chi connectivity index (χ3v) is 2.86. The van der Waals surface area contributed by atoms with Crippen LogP contribution in [0.4, 0.5) is 18.9 Å². The highest BCUT2D eigenvalue weighted by atomic mass is 35.5. The van der Waals surface area contributed by atoms with Crippen LogP contribution in [0.1, 0.15) is 11.3 Å². The first kappa shape index (κ1) is 13.0. The molecule has 1 aromatic heterocycles. The fourth-order valence-corrected chi connectivity index (χ4v) is 2.09. The largest absolute Gasteiger partial charge is 0.433 e. The van der Waals surface area contributed by atoms with Gasteiger partial charge in [-0.1, -0.05) is 11.6 Å². The van der Waals surface area contributed by atoms with Gasteiger partial charge < -0.3 is 5.32 Å². The van der Waals surface area contributed by atoms with Gasteiger partial charge in [0.25, 0.3) is 0 Å². The lowest BCUT2D eigenvalue weighted by Gasteiger charge is -2.12. The number of fused-ring (bicyclic) bond motifs is 1. The van der Waals surface area contributed by atoms with Crippen LogP contribution in [0.25, 0.3) is 10.9 Å². The third-order valence-electron chi connectivity index (χ3n) is 2.57. The summed E-state index contributed by atoms with van der Waals surface area (Å²) in [6.07, 6.45) is -4.49. The van der Waals surface area contributed by atoms with E-state index in [0.717, 1.165) is 11.6 Å². The van der Waals surface area contributed by atoms with Gasteiger partial charge in [-0.2, -0.15) is 13.2 Å². The fraction of sp³-hybridized carbons (Fsp3) is 0.250. The molecule has 2 rings (SSSR count). The van der Waals surface area contributed by atoms with E-state index in [4.69, 9.17) is 11.6 Å². The van der Waals surface area contributed by atoms with Crippen molar-refractivity contribution in [1.29, 1.82) is 0 Å². The molecule has 0 aliphatic carbocycles. The summed E-state index contributed by atoms with van der Waals surface area (Å²) in [5.74, 6) is 0. The quantitative estimate of drug-likeness (QED) is 0.840. The van der Waals surface area contributed by atoms with Gasteiger partial charge in [0, 0.05) is 18.1 Å². The maximum Gasteiger partial charge on any atom is 0.433 e. The first-order valence-corrected chi connectivity index (χ1v) is 5.56. The van der Waals surface area contributed by atoms with E-state index in [2.05, 4.69) is 10.3 Å². The molecular weight excluding hydrogens is 265 g/mol. The molecule has 0 fully saturated rings. The van der Waals surface area contributed by atoms with E-state index >= 15 is 0 Å². The molecular formula is C12H10ClF3N2. The molecule has 1 aromatic carbocycles. The van der Waals surface area contributed by atoms with Gasteiger partial charge >= 0.3 is 6.18 Å². The van der Waals surface area contributed by atoms with Crippen LogP contribution >= 0.6 is 11.6 Å². The summed E-state index contributed by atoms with van der Waals surface area (Å²) in [4.78, 5) is 3.60. The lowest BCUT2D eigenvalue weighted by Crippen LogP contribution is -2.09. The second-order valence-electron chi connectivity index (χ2n) is 3.95. The SMILES string of the molecule is CNc1cc(C(F)(F)F)nc2c(Cl)cc(C)cc12. The van der Waals surface area contributed by atoms with Crippen molar-refractivity contribution in [2.45, 2.75) is 13.1 Å². The summed E-state index contributed by atoms with van der Waals surface area (Å²) >= 11 is 5.96. The summed E-state index contributed by atoms with van der Waals surface area (Å²) in [7, 11) is 1.56. The zero-order valence-electron chi connectivity index (χ0n) is 9.69. The van der Waals surface area contributed by atoms with Gasteiger partial charge in [0.2, 0.25) is 0 Å². The summed E-state index contributed by atoms with van der Waals surface area (Å²) in [6, 6.07) is 4.33. The molecule has 0 unspecified atom stereocenters. The third kappa shape index (κ3) is 2.22. The number of halogens is 4. The Hall–Kier alpha value is -1.49.